The van der Waals surface area contributed by atoms with E-state index in [1.54, 1.807) is 0 Å². The van der Waals surface area contributed by atoms with Crippen molar-refractivity contribution in [1.82, 2.24) is 0 Å². The molecule has 3 radical (unpaired) electrons. The average molecular weight is 85.2 g/mol. The minimum atomic E-state index is -0.324. The normalized spacial score (nSPS) is 6.50. The van der Waals surface area contributed by atoms with E-state index in [-0.39, 0.29) is 7.93 Å². The van der Waals surface area contributed by atoms with Crippen molar-refractivity contribution in [2.45, 2.75) is 6.55 Å². The number of hydrogen-bond acceptors (Lipinski definition) is 0. The van der Waals surface area contributed by atoms with Crippen molar-refractivity contribution >= 4 is 23.9 Å². The van der Waals surface area contributed by atoms with Crippen LogP contribution >= 0.6 is 0 Å². The third kappa shape index (κ3) is 42.4. The lowest BCUT2D eigenvalue weighted by molar-refractivity contribution is 2.35. The van der Waals surface area contributed by atoms with E-state index in [1.165, 1.54) is 0 Å². The first kappa shape index (κ1) is 4.30. The van der Waals surface area contributed by atoms with E-state index >= 15 is 0 Å². The predicted octanol–water partition coefficient (Wildman–Crippen LogP) is -0.210. The van der Waals surface area contributed by atoms with Gasteiger partial charge in [0.05, 0.1) is 0 Å². The van der Waals surface area contributed by atoms with Crippen LogP contribution in [-0.4, -0.2) is 23.9 Å². The predicted molar refractivity (Wildman–Crippen MR) is 24.5 cm³/mol. The SMILES string of the molecule is C=[Si](C)[Si]. The van der Waals surface area contributed by atoms with Crippen molar-refractivity contribution in [3.63, 3.8) is 0 Å². The largest absolute Gasteiger partial charge is 0.122 e. The molecule has 0 atom stereocenters. The van der Waals surface area contributed by atoms with Crippen LogP contribution in [0.3, 0.4) is 0 Å². The Kier molecular flexibility index (Phi) is 1.73. The van der Waals surface area contributed by atoms with Gasteiger partial charge in [-0.2, -0.15) is 0 Å². The van der Waals surface area contributed by atoms with Crippen LogP contribution in [0.2, 0.25) is 6.55 Å². The Bertz CT molecular complexity index is 27.0. The molecule has 2 heteroatoms. The molecule has 0 N–H and O–H groups in total. The highest BCUT2D eigenvalue weighted by Crippen LogP contribution is 1.37. The van der Waals surface area contributed by atoms with Gasteiger partial charge in [-0.3, -0.25) is 0 Å². The van der Waals surface area contributed by atoms with Crippen molar-refractivity contribution in [2.75, 3.05) is 0 Å². The molecule has 0 aromatic rings. The first-order valence-corrected chi connectivity index (χ1v) is 4.81. The molecule has 0 rings (SSSR count). The topological polar surface area (TPSA) is 0 Å². The summed E-state index contributed by atoms with van der Waals surface area (Å²) < 4.78 is 0. The highest BCUT2D eigenvalue weighted by atomic mass is 29.1. The van der Waals surface area contributed by atoms with Crippen LogP contribution in [0.5, 0.6) is 0 Å². The molecule has 0 saturated carbocycles. The van der Waals surface area contributed by atoms with Gasteiger partial charge >= 0.3 is 0 Å². The zero-order valence-corrected chi connectivity index (χ0v) is 4.71. The second kappa shape index (κ2) is 1.61. The highest BCUT2D eigenvalue weighted by molar-refractivity contribution is 7.02. The Hall–Kier alpha value is 0.304. The molecule has 0 aromatic heterocycles. The van der Waals surface area contributed by atoms with Gasteiger partial charge in [0.2, 0.25) is 0 Å². The van der Waals surface area contributed by atoms with Gasteiger partial charge in [-0.15, -0.1) is 6.17 Å². The molecule has 0 fully saturated rings. The quantitative estimate of drug-likeness (QED) is 0.357. The minimum absolute atomic E-state index is 0.324. The molecule has 0 aliphatic carbocycles. The number of rotatable bonds is 0. The maximum absolute atomic E-state index is 3.65. The first-order chi connectivity index (χ1) is 1.73. The highest BCUT2D eigenvalue weighted by Gasteiger charge is 1.56. The zero-order valence-electron chi connectivity index (χ0n) is 2.71. The van der Waals surface area contributed by atoms with Crippen LogP contribution in [0.1, 0.15) is 0 Å². The van der Waals surface area contributed by atoms with Gasteiger partial charge in [0.15, 0.2) is 0 Å². The maximum Gasteiger partial charge on any atom is 0.0355 e. The average Bonchev–Trinajstić information content (AvgIpc) is 0.811. The van der Waals surface area contributed by atoms with Crippen LogP contribution < -0.4 is 0 Å². The van der Waals surface area contributed by atoms with E-state index in [0.29, 0.717) is 0 Å². The Balaban J connectivity index is 2.80. The molecule has 21 valence electrons. The lowest BCUT2D eigenvalue weighted by atomic mass is 11.9. The fourth-order valence-electron chi connectivity index (χ4n) is 0. The third-order valence-corrected chi connectivity index (χ3v) is 0. The van der Waals surface area contributed by atoms with E-state index in [4.69, 9.17) is 0 Å². The Morgan fingerprint density at radius 3 is 2.00 bits per heavy atom. The summed E-state index contributed by atoms with van der Waals surface area (Å²) in [5, 5.41) is 0. The molecule has 0 saturated heterocycles. The summed E-state index contributed by atoms with van der Waals surface area (Å²) in [4.78, 5) is 0. The molecule has 0 unspecified atom stereocenters. The molecular weight excluding hydrogens is 80.2 g/mol. The van der Waals surface area contributed by atoms with Gasteiger partial charge in [0, 0.05) is 9.76 Å². The van der Waals surface area contributed by atoms with E-state index in [1.807, 2.05) is 0 Å². The molecule has 4 heavy (non-hydrogen) atoms. The summed E-state index contributed by atoms with van der Waals surface area (Å²) in [6.07, 6.45) is 3.65. The van der Waals surface area contributed by atoms with Gasteiger partial charge in [-0.1, -0.05) is 6.55 Å². The van der Waals surface area contributed by atoms with Crippen molar-refractivity contribution in [1.29, 1.82) is 0 Å². The van der Waals surface area contributed by atoms with Crippen LogP contribution in [0.15, 0.2) is 0 Å². The number of hydrogen-bond donors (Lipinski definition) is 0. The van der Waals surface area contributed by atoms with Crippen LogP contribution in [0, 0.1) is 0 Å². The summed E-state index contributed by atoms with van der Waals surface area (Å²) in [7, 11) is 2.98. The van der Waals surface area contributed by atoms with Gasteiger partial charge in [0.25, 0.3) is 0 Å². The molecule has 0 amide bonds. The lowest BCUT2D eigenvalue weighted by Crippen LogP contribution is -1.86. The Morgan fingerprint density at radius 1 is 2.00 bits per heavy atom. The molecule has 0 aromatic carbocycles. The van der Waals surface area contributed by atoms with Gasteiger partial charge in [-0.25, -0.2) is 0 Å². The molecule has 0 nitrogen and oxygen atoms in total. The second-order valence-electron chi connectivity index (χ2n) is 0.780. The van der Waals surface area contributed by atoms with E-state index < -0.39 is 0 Å². The summed E-state index contributed by atoms with van der Waals surface area (Å²) in [6, 6.07) is 0. The summed E-state index contributed by atoms with van der Waals surface area (Å²) in [5.74, 6) is 0. The first-order valence-electron chi connectivity index (χ1n) is 1.10. The van der Waals surface area contributed by atoms with Crippen LogP contribution in [-0.2, 0) is 0 Å². The zero-order chi connectivity index (χ0) is 3.58. The standard InChI is InChI=1S/C2H5Si2/c1-4(2)3/h1H2,2H3. The summed E-state index contributed by atoms with van der Waals surface area (Å²) >= 11 is 0. The van der Waals surface area contributed by atoms with Crippen molar-refractivity contribution < 1.29 is 0 Å². The smallest absolute Gasteiger partial charge is 0.0355 e. The molecule has 0 spiro atoms. The molecule has 0 aliphatic heterocycles. The summed E-state index contributed by atoms with van der Waals surface area (Å²) in [5.41, 5.74) is 0. The Morgan fingerprint density at radius 2 is 2.00 bits per heavy atom. The van der Waals surface area contributed by atoms with Crippen molar-refractivity contribution in [3.8, 4) is 0 Å². The molecule has 0 bridgehead atoms. The minimum Gasteiger partial charge on any atom is -0.122 e. The van der Waals surface area contributed by atoms with Gasteiger partial charge in [-0.05, 0) is 7.93 Å². The van der Waals surface area contributed by atoms with E-state index in [2.05, 4.69) is 22.5 Å². The third-order valence-electron chi connectivity index (χ3n) is 0. The fraction of sp³-hybridized carbons (Fsp3) is 0.500. The van der Waals surface area contributed by atoms with Crippen molar-refractivity contribution in [3.05, 3.63) is 0 Å². The van der Waals surface area contributed by atoms with Crippen molar-refractivity contribution in [2.24, 2.45) is 0 Å². The monoisotopic (exact) mass is 85.0 g/mol. The van der Waals surface area contributed by atoms with Crippen LogP contribution in [0.4, 0.5) is 0 Å². The van der Waals surface area contributed by atoms with Gasteiger partial charge in [0.1, 0.15) is 0 Å². The Labute approximate surface area is 31.3 Å². The lowest BCUT2D eigenvalue weighted by Gasteiger charge is -1.61. The fourth-order valence-corrected chi connectivity index (χ4v) is 0. The molecular formula is C2H5Si2. The van der Waals surface area contributed by atoms with Crippen LogP contribution in [0.25, 0.3) is 0 Å². The van der Waals surface area contributed by atoms with E-state index in [9.17, 15) is 0 Å². The van der Waals surface area contributed by atoms with E-state index in [0.717, 1.165) is 0 Å². The maximum atomic E-state index is 3.65. The second-order valence-corrected chi connectivity index (χ2v) is 4.90. The molecule has 0 heterocycles. The molecule has 0 aliphatic rings. The summed E-state index contributed by atoms with van der Waals surface area (Å²) in [6.45, 7) is 2.07. The van der Waals surface area contributed by atoms with Gasteiger partial charge < -0.3 is 0 Å².